The van der Waals surface area contributed by atoms with Gasteiger partial charge in [0.25, 0.3) is 0 Å². The standard InChI is InChI=1S/C23H25BrN2O5/c1-29-19-13-16-7-8-26(23(28)22(27)25-9-11-31-12-10-25)21(18(16)14-20(19)30-2)15-3-5-17(24)6-4-15/h3-6,13-14,21H,7-12H2,1-2H3. The second-order valence-corrected chi connectivity index (χ2v) is 8.43. The van der Waals surface area contributed by atoms with Crippen molar-refractivity contribution < 1.29 is 23.8 Å². The van der Waals surface area contributed by atoms with Crippen LogP contribution in [-0.2, 0) is 20.7 Å². The van der Waals surface area contributed by atoms with Crippen LogP contribution in [0.25, 0.3) is 0 Å². The number of nitrogens with zero attached hydrogens (tertiary/aromatic N) is 2. The van der Waals surface area contributed by atoms with Crippen molar-refractivity contribution in [3.63, 3.8) is 0 Å². The maximum absolute atomic E-state index is 13.4. The lowest BCUT2D eigenvalue weighted by molar-refractivity contribution is -0.155. The summed E-state index contributed by atoms with van der Waals surface area (Å²) >= 11 is 3.47. The summed E-state index contributed by atoms with van der Waals surface area (Å²) in [5, 5.41) is 0. The Kier molecular flexibility index (Phi) is 6.48. The molecule has 0 saturated carbocycles. The summed E-state index contributed by atoms with van der Waals surface area (Å²) in [5.74, 6) is 0.279. The normalized spacial score (nSPS) is 18.4. The van der Waals surface area contributed by atoms with Crippen molar-refractivity contribution in [2.75, 3.05) is 47.1 Å². The number of carbonyl (C=O) groups excluding carboxylic acids is 2. The third-order valence-corrected chi connectivity index (χ3v) is 6.33. The fourth-order valence-electron chi connectivity index (χ4n) is 4.19. The predicted molar refractivity (Wildman–Crippen MR) is 118 cm³/mol. The van der Waals surface area contributed by atoms with Crippen LogP contribution in [0.1, 0.15) is 22.7 Å². The van der Waals surface area contributed by atoms with Crippen LogP contribution in [0.15, 0.2) is 40.9 Å². The Labute approximate surface area is 190 Å². The first-order valence-corrected chi connectivity index (χ1v) is 11.0. The number of benzene rings is 2. The molecule has 31 heavy (non-hydrogen) atoms. The molecule has 1 unspecified atom stereocenters. The molecular formula is C23H25BrN2O5. The molecule has 2 aliphatic rings. The number of morpholine rings is 1. The highest BCUT2D eigenvalue weighted by atomic mass is 79.9. The molecule has 2 heterocycles. The van der Waals surface area contributed by atoms with Gasteiger partial charge in [-0.15, -0.1) is 0 Å². The minimum Gasteiger partial charge on any atom is -0.493 e. The van der Waals surface area contributed by atoms with Gasteiger partial charge in [-0.2, -0.15) is 0 Å². The zero-order valence-electron chi connectivity index (χ0n) is 17.6. The maximum atomic E-state index is 13.4. The average Bonchev–Trinajstić information content (AvgIpc) is 2.82. The van der Waals surface area contributed by atoms with E-state index in [-0.39, 0.29) is 0 Å². The quantitative estimate of drug-likeness (QED) is 0.621. The zero-order valence-corrected chi connectivity index (χ0v) is 19.2. The van der Waals surface area contributed by atoms with Crippen LogP contribution in [0, 0.1) is 0 Å². The van der Waals surface area contributed by atoms with Crippen LogP contribution >= 0.6 is 15.9 Å². The maximum Gasteiger partial charge on any atom is 0.312 e. The Bertz CT molecular complexity index is 973. The molecule has 0 N–H and O–H groups in total. The molecule has 4 rings (SSSR count). The summed E-state index contributed by atoms with van der Waals surface area (Å²) in [6, 6.07) is 11.3. The van der Waals surface area contributed by atoms with E-state index in [0.717, 1.165) is 21.2 Å². The Morgan fingerprint density at radius 1 is 0.968 bits per heavy atom. The molecule has 2 amide bonds. The van der Waals surface area contributed by atoms with Gasteiger partial charge in [0.05, 0.1) is 33.5 Å². The lowest BCUT2D eigenvalue weighted by Gasteiger charge is -2.39. The van der Waals surface area contributed by atoms with Crippen molar-refractivity contribution >= 4 is 27.7 Å². The van der Waals surface area contributed by atoms with Gasteiger partial charge in [0.15, 0.2) is 11.5 Å². The van der Waals surface area contributed by atoms with Crippen LogP contribution < -0.4 is 9.47 Å². The van der Waals surface area contributed by atoms with E-state index >= 15 is 0 Å². The molecule has 1 atom stereocenters. The van der Waals surface area contributed by atoms with Gasteiger partial charge in [-0.3, -0.25) is 9.59 Å². The second-order valence-electron chi connectivity index (χ2n) is 7.51. The number of hydrogen-bond donors (Lipinski definition) is 0. The number of rotatable bonds is 3. The highest BCUT2D eigenvalue weighted by Crippen LogP contribution is 2.41. The first-order chi connectivity index (χ1) is 15.0. The highest BCUT2D eigenvalue weighted by Gasteiger charge is 2.37. The van der Waals surface area contributed by atoms with Crippen LogP contribution in [0.4, 0.5) is 0 Å². The second kappa shape index (κ2) is 9.28. The topological polar surface area (TPSA) is 68.3 Å². The number of fused-ring (bicyclic) bond motifs is 1. The monoisotopic (exact) mass is 488 g/mol. The lowest BCUT2D eigenvalue weighted by atomic mass is 9.87. The lowest BCUT2D eigenvalue weighted by Crippen LogP contribution is -2.51. The number of ether oxygens (including phenoxy) is 3. The summed E-state index contributed by atoms with van der Waals surface area (Å²) in [5.41, 5.74) is 2.95. The molecule has 1 saturated heterocycles. The first-order valence-electron chi connectivity index (χ1n) is 10.2. The van der Waals surface area contributed by atoms with Crippen LogP contribution in [-0.4, -0.2) is 68.7 Å². The number of carbonyl (C=O) groups is 2. The number of methoxy groups -OCH3 is 2. The molecule has 164 valence electrons. The molecular weight excluding hydrogens is 464 g/mol. The van der Waals surface area contributed by atoms with Crippen LogP contribution in [0.2, 0.25) is 0 Å². The molecule has 0 aliphatic carbocycles. The summed E-state index contributed by atoms with van der Waals surface area (Å²) < 4.78 is 17.3. The molecule has 2 aromatic rings. The number of amides is 2. The van der Waals surface area contributed by atoms with E-state index in [4.69, 9.17) is 14.2 Å². The van der Waals surface area contributed by atoms with Crippen molar-refractivity contribution in [3.8, 4) is 11.5 Å². The molecule has 0 spiro atoms. The Hall–Kier alpha value is -2.58. The fraction of sp³-hybridized carbons (Fsp3) is 0.391. The molecule has 8 heteroatoms. The minimum atomic E-state index is -0.491. The molecule has 0 radical (unpaired) electrons. The highest BCUT2D eigenvalue weighted by molar-refractivity contribution is 9.10. The van der Waals surface area contributed by atoms with Crippen LogP contribution in [0.5, 0.6) is 11.5 Å². The van der Waals surface area contributed by atoms with Gasteiger partial charge in [-0.25, -0.2) is 0 Å². The van der Waals surface area contributed by atoms with Gasteiger partial charge >= 0.3 is 11.8 Å². The van der Waals surface area contributed by atoms with Gasteiger partial charge in [0.2, 0.25) is 0 Å². The van der Waals surface area contributed by atoms with E-state index < -0.39 is 17.9 Å². The van der Waals surface area contributed by atoms with Crippen molar-refractivity contribution in [2.45, 2.75) is 12.5 Å². The van der Waals surface area contributed by atoms with E-state index in [9.17, 15) is 9.59 Å². The fourth-order valence-corrected chi connectivity index (χ4v) is 4.46. The van der Waals surface area contributed by atoms with Gasteiger partial charge in [-0.05, 0) is 47.4 Å². The summed E-state index contributed by atoms with van der Waals surface area (Å²) in [6.45, 7) is 2.22. The van der Waals surface area contributed by atoms with Crippen molar-refractivity contribution in [1.82, 2.24) is 9.80 Å². The largest absolute Gasteiger partial charge is 0.493 e. The summed E-state index contributed by atoms with van der Waals surface area (Å²) in [4.78, 5) is 29.6. The minimum absolute atomic E-state index is 0.394. The SMILES string of the molecule is COc1cc2c(cc1OC)C(c1ccc(Br)cc1)N(C(=O)C(=O)N1CCOCC1)CC2. The smallest absolute Gasteiger partial charge is 0.312 e. The predicted octanol–water partition coefficient (Wildman–Crippen LogP) is 2.80. The average molecular weight is 489 g/mol. The van der Waals surface area contributed by atoms with E-state index in [0.29, 0.717) is 50.8 Å². The van der Waals surface area contributed by atoms with Gasteiger partial charge in [0, 0.05) is 24.1 Å². The third kappa shape index (κ3) is 4.27. The Balaban J connectivity index is 1.75. The zero-order chi connectivity index (χ0) is 22.0. The van der Waals surface area contributed by atoms with E-state index in [1.807, 2.05) is 36.4 Å². The van der Waals surface area contributed by atoms with Crippen molar-refractivity contribution in [3.05, 3.63) is 57.6 Å². The van der Waals surface area contributed by atoms with E-state index in [2.05, 4.69) is 15.9 Å². The van der Waals surface area contributed by atoms with Gasteiger partial charge in [-0.1, -0.05) is 28.1 Å². The molecule has 0 aromatic heterocycles. The number of halogens is 1. The molecule has 1 fully saturated rings. The van der Waals surface area contributed by atoms with Gasteiger partial charge < -0.3 is 24.0 Å². The molecule has 2 aliphatic heterocycles. The third-order valence-electron chi connectivity index (χ3n) is 5.80. The summed E-state index contributed by atoms with van der Waals surface area (Å²) in [7, 11) is 3.20. The van der Waals surface area contributed by atoms with Crippen molar-refractivity contribution in [2.24, 2.45) is 0 Å². The Morgan fingerprint density at radius 2 is 1.61 bits per heavy atom. The van der Waals surface area contributed by atoms with E-state index in [1.54, 1.807) is 24.0 Å². The summed E-state index contributed by atoms with van der Waals surface area (Å²) in [6.07, 6.45) is 0.630. The first kappa shape index (κ1) is 21.6. The molecule has 7 nitrogen and oxygen atoms in total. The van der Waals surface area contributed by atoms with Crippen molar-refractivity contribution in [1.29, 1.82) is 0 Å². The van der Waals surface area contributed by atoms with Crippen LogP contribution in [0.3, 0.4) is 0 Å². The molecule has 0 bridgehead atoms. The van der Waals surface area contributed by atoms with E-state index in [1.165, 1.54) is 0 Å². The molecule has 2 aromatic carbocycles. The Morgan fingerprint density at radius 3 is 2.26 bits per heavy atom. The number of hydrogen-bond acceptors (Lipinski definition) is 5. The van der Waals surface area contributed by atoms with Gasteiger partial charge in [0.1, 0.15) is 0 Å².